The van der Waals surface area contributed by atoms with E-state index < -0.39 is 20.8 Å². The normalized spacial score (nSPS) is 12.0. The van der Waals surface area contributed by atoms with Crippen LogP contribution in [-0.2, 0) is 10.1 Å². The summed E-state index contributed by atoms with van der Waals surface area (Å²) in [5.41, 5.74) is 7.68. The van der Waals surface area contributed by atoms with Gasteiger partial charge in [-0.25, -0.2) is 0 Å². The molecule has 0 aromatic heterocycles. The number of fused-ring (bicyclic) bond motifs is 1. The largest absolute Gasteiger partial charge is 0.505 e. The minimum Gasteiger partial charge on any atom is -0.505 e. The van der Waals surface area contributed by atoms with Crippen molar-refractivity contribution in [2.75, 3.05) is 5.32 Å². The third kappa shape index (κ3) is 7.96. The average Bonchev–Trinajstić information content (AvgIpc) is 3.12. The van der Waals surface area contributed by atoms with E-state index in [-0.39, 0.29) is 5.69 Å². The van der Waals surface area contributed by atoms with Gasteiger partial charge in [0.25, 0.3) is 10.1 Å². The Bertz CT molecular complexity index is 2530. The second-order valence-electron chi connectivity index (χ2n) is 12.1. The van der Waals surface area contributed by atoms with Crippen LogP contribution in [0.1, 0.15) is 32.6 Å². The average molecular weight is 712 g/mol. The molecule has 260 valence electrons. The molecule has 6 aromatic rings. The number of hydrogen-bond donors (Lipinski definition) is 3. The Hall–Kier alpha value is -6.44. The molecule has 0 aliphatic rings. The summed E-state index contributed by atoms with van der Waals surface area (Å²) in [5, 5.41) is 41.1. The number of para-hydroxylation sites is 1. The summed E-state index contributed by atoms with van der Waals surface area (Å²) in [5.74, 6) is -0.439. The van der Waals surface area contributed by atoms with E-state index in [1.807, 2.05) is 63.2 Å². The summed E-state index contributed by atoms with van der Waals surface area (Å²) >= 11 is 0. The third-order valence-electron chi connectivity index (χ3n) is 8.25. The zero-order chi connectivity index (χ0) is 37.0. The van der Waals surface area contributed by atoms with Crippen LogP contribution < -0.4 is 5.32 Å². The Morgan fingerprint density at radius 3 is 1.63 bits per heavy atom. The maximum atomic E-state index is 12.5. The lowest BCUT2D eigenvalue weighted by Gasteiger charge is -2.12. The number of aldehydes is 1. The van der Waals surface area contributed by atoms with Crippen LogP contribution >= 0.6 is 0 Å². The van der Waals surface area contributed by atoms with Crippen LogP contribution in [0.2, 0.25) is 0 Å². The van der Waals surface area contributed by atoms with Crippen molar-refractivity contribution < 1.29 is 22.9 Å². The summed E-state index contributed by atoms with van der Waals surface area (Å²) in [6.07, 6.45) is 0.772. The zero-order valence-electron chi connectivity index (χ0n) is 28.6. The first-order valence-corrected chi connectivity index (χ1v) is 17.5. The first-order valence-electron chi connectivity index (χ1n) is 16.0. The predicted octanol–water partition coefficient (Wildman–Crippen LogP) is 11.8. The maximum absolute atomic E-state index is 12.5. The van der Waals surface area contributed by atoms with E-state index in [4.69, 9.17) is 0 Å². The number of phenols is 1. The second kappa shape index (κ2) is 14.8. The first kappa shape index (κ1) is 35.4. The van der Waals surface area contributed by atoms with Gasteiger partial charge in [0, 0.05) is 22.3 Å². The lowest BCUT2D eigenvalue weighted by Crippen LogP contribution is -1.99. The Balaban J connectivity index is 1.25. The first-order chi connectivity index (χ1) is 24.9. The molecule has 0 amide bonds. The minimum absolute atomic E-state index is 0.329. The van der Waals surface area contributed by atoms with Crippen molar-refractivity contribution in [3.05, 3.63) is 131 Å². The third-order valence-corrected chi connectivity index (χ3v) is 9.11. The summed E-state index contributed by atoms with van der Waals surface area (Å²) in [4.78, 5) is 10.3. The molecular formula is C39H33N7O5S. The van der Waals surface area contributed by atoms with Gasteiger partial charge in [0.05, 0.1) is 28.4 Å². The van der Waals surface area contributed by atoms with E-state index in [2.05, 4.69) is 36.0 Å². The fourth-order valence-electron chi connectivity index (χ4n) is 5.36. The molecule has 6 aromatic carbocycles. The van der Waals surface area contributed by atoms with Gasteiger partial charge in [-0.05, 0) is 140 Å². The Morgan fingerprint density at radius 2 is 1.12 bits per heavy atom. The minimum atomic E-state index is -4.79. The van der Waals surface area contributed by atoms with Crippen molar-refractivity contribution in [1.29, 1.82) is 0 Å². The van der Waals surface area contributed by atoms with Gasteiger partial charge < -0.3 is 10.4 Å². The molecule has 0 spiro atoms. The highest BCUT2D eigenvalue weighted by Gasteiger charge is 2.22. The predicted molar refractivity (Wildman–Crippen MR) is 201 cm³/mol. The molecule has 0 aliphatic carbocycles. The van der Waals surface area contributed by atoms with Crippen molar-refractivity contribution in [2.24, 2.45) is 30.7 Å². The van der Waals surface area contributed by atoms with Crippen LogP contribution in [0.5, 0.6) is 5.75 Å². The maximum Gasteiger partial charge on any atom is 0.296 e. The molecule has 3 N–H and O–H groups in total. The number of phenolic OH excluding ortho intramolecular Hbond substituents is 1. The molecule has 6 rings (SSSR count). The van der Waals surface area contributed by atoms with E-state index >= 15 is 0 Å². The van der Waals surface area contributed by atoms with Crippen LogP contribution in [0.15, 0.2) is 139 Å². The van der Waals surface area contributed by atoms with Crippen molar-refractivity contribution in [3.8, 4) is 5.75 Å². The van der Waals surface area contributed by atoms with Crippen LogP contribution in [-0.4, -0.2) is 24.4 Å². The van der Waals surface area contributed by atoms with Crippen LogP contribution in [0.3, 0.4) is 0 Å². The lowest BCUT2D eigenvalue weighted by molar-refractivity contribution is 0.112. The van der Waals surface area contributed by atoms with Crippen molar-refractivity contribution in [3.63, 3.8) is 0 Å². The number of rotatable bonds is 10. The molecule has 52 heavy (non-hydrogen) atoms. The van der Waals surface area contributed by atoms with E-state index in [0.717, 1.165) is 28.7 Å². The van der Waals surface area contributed by atoms with Crippen molar-refractivity contribution in [2.45, 2.75) is 32.6 Å². The molecule has 0 saturated heterocycles. The quantitative estimate of drug-likeness (QED) is 0.0722. The standard InChI is InChI=1S/C39H33N7O5S/c1-23-17-34(24(2)16-33(23)42-41-30-12-10-27(22-47)11-13-30)43-44-35-18-26(4)36(19-25(35)3)45-46-38-37(52(49,50)51)21-28-20-31(14-15-32(28)39(38)48)40-29-8-6-5-7-9-29/h5-22,40,48H,1-4H3,(H,49,50,51). The summed E-state index contributed by atoms with van der Waals surface area (Å²) in [6.45, 7) is 7.42. The van der Waals surface area contributed by atoms with Crippen LogP contribution in [0, 0.1) is 27.7 Å². The van der Waals surface area contributed by atoms with Gasteiger partial charge in [0.2, 0.25) is 0 Å². The van der Waals surface area contributed by atoms with Crippen LogP contribution in [0.25, 0.3) is 10.8 Å². The highest BCUT2D eigenvalue weighted by molar-refractivity contribution is 7.86. The monoisotopic (exact) mass is 711 g/mol. The fraction of sp³-hybridized carbons (Fsp3) is 0.103. The van der Waals surface area contributed by atoms with Gasteiger partial charge in [-0.2, -0.15) is 34.0 Å². The Labute approximate surface area is 300 Å². The van der Waals surface area contributed by atoms with E-state index in [0.29, 0.717) is 56.0 Å². The number of nitrogens with zero attached hydrogens (tertiary/aromatic N) is 6. The van der Waals surface area contributed by atoms with E-state index in [1.165, 1.54) is 6.07 Å². The number of azo groups is 3. The smallest absolute Gasteiger partial charge is 0.296 e. The summed E-state index contributed by atoms with van der Waals surface area (Å²) in [7, 11) is -4.79. The van der Waals surface area contributed by atoms with Crippen LogP contribution in [0.4, 0.5) is 45.5 Å². The zero-order valence-corrected chi connectivity index (χ0v) is 29.4. The molecule has 0 heterocycles. The highest BCUT2D eigenvalue weighted by Crippen LogP contribution is 2.43. The van der Waals surface area contributed by atoms with Gasteiger partial charge in [-0.1, -0.05) is 18.2 Å². The van der Waals surface area contributed by atoms with Gasteiger partial charge in [-0.15, -0.1) is 5.11 Å². The molecule has 0 fully saturated rings. The summed E-state index contributed by atoms with van der Waals surface area (Å²) < 4.78 is 35.0. The number of aryl methyl sites for hydroxylation is 4. The SMILES string of the molecule is Cc1cc(N=Nc2cc(C)c(N=Nc3c(S(=O)(=O)O)cc4cc(Nc5ccccc5)ccc4c3O)cc2C)c(C)cc1N=Nc1ccc(C=O)cc1. The topological polar surface area (TPSA) is 178 Å². The highest BCUT2D eigenvalue weighted by atomic mass is 32.2. The molecule has 0 atom stereocenters. The number of benzene rings is 6. The number of aromatic hydroxyl groups is 1. The Morgan fingerprint density at radius 1 is 0.596 bits per heavy atom. The second-order valence-corrected chi connectivity index (χ2v) is 13.5. The van der Waals surface area contributed by atoms with Crippen molar-refractivity contribution in [1.82, 2.24) is 0 Å². The molecule has 12 nitrogen and oxygen atoms in total. The number of carbonyl (C=O) groups is 1. The molecule has 0 unspecified atom stereocenters. The molecule has 13 heteroatoms. The van der Waals surface area contributed by atoms with Crippen molar-refractivity contribution >= 4 is 72.7 Å². The number of carbonyl (C=O) groups excluding carboxylic acids is 1. The van der Waals surface area contributed by atoms with Gasteiger partial charge in [-0.3, -0.25) is 9.35 Å². The van der Waals surface area contributed by atoms with E-state index in [1.54, 1.807) is 61.5 Å². The lowest BCUT2D eigenvalue weighted by atomic mass is 10.1. The van der Waals surface area contributed by atoms with Gasteiger partial charge in [0.15, 0.2) is 5.75 Å². The number of nitrogens with one attached hydrogen (secondary N) is 1. The van der Waals surface area contributed by atoms with E-state index in [9.17, 15) is 22.9 Å². The Kier molecular flexibility index (Phi) is 10.1. The van der Waals surface area contributed by atoms with Gasteiger partial charge in [0.1, 0.15) is 16.9 Å². The molecule has 0 aliphatic heterocycles. The number of hydrogen-bond acceptors (Lipinski definition) is 11. The molecule has 0 saturated carbocycles. The number of anilines is 2. The molecule has 0 radical (unpaired) electrons. The summed E-state index contributed by atoms with van der Waals surface area (Å²) in [6, 6.07) is 29.7. The fourth-order valence-corrected chi connectivity index (χ4v) is 6.01. The van der Waals surface area contributed by atoms with Gasteiger partial charge >= 0.3 is 0 Å². The molecular weight excluding hydrogens is 679 g/mol. The molecule has 0 bridgehead atoms.